The largest absolute Gasteiger partial charge is 0.507 e. The van der Waals surface area contributed by atoms with Gasteiger partial charge in [-0.3, -0.25) is 4.79 Å². The molecule has 1 aromatic heterocycles. The molecule has 1 spiro atoms. The van der Waals surface area contributed by atoms with Crippen LogP contribution in [0.25, 0.3) is 22.0 Å². The molecule has 1 N–H and O–H groups in total. The topological polar surface area (TPSA) is 72.8 Å². The molecular formula is C31H34ClF2N5O2. The number of amides is 1. The van der Waals surface area contributed by atoms with E-state index in [0.717, 1.165) is 19.2 Å². The molecule has 1 saturated carbocycles. The zero-order valence-corrected chi connectivity index (χ0v) is 24.1. The van der Waals surface area contributed by atoms with E-state index in [1.54, 1.807) is 11.0 Å². The summed E-state index contributed by atoms with van der Waals surface area (Å²) in [6, 6.07) is 5.07. The van der Waals surface area contributed by atoms with Crippen molar-refractivity contribution in [2.75, 3.05) is 36.0 Å². The third kappa shape index (κ3) is 4.68. The van der Waals surface area contributed by atoms with Crippen LogP contribution in [0.2, 0.25) is 5.02 Å². The minimum atomic E-state index is -0.813. The molecule has 2 saturated heterocycles. The number of hydrogen-bond acceptors (Lipinski definition) is 6. The van der Waals surface area contributed by atoms with E-state index >= 15 is 4.39 Å². The van der Waals surface area contributed by atoms with E-state index in [-0.39, 0.29) is 45.1 Å². The highest BCUT2D eigenvalue weighted by atomic mass is 35.5. The number of phenols is 1. The highest BCUT2D eigenvalue weighted by molar-refractivity contribution is 6.34. The van der Waals surface area contributed by atoms with Gasteiger partial charge in [0.05, 0.1) is 10.6 Å². The number of aromatic hydroxyl groups is 1. The van der Waals surface area contributed by atoms with Crippen LogP contribution in [0.4, 0.5) is 20.5 Å². The fourth-order valence-corrected chi connectivity index (χ4v) is 7.17. The van der Waals surface area contributed by atoms with E-state index in [2.05, 4.69) is 21.4 Å². The lowest BCUT2D eigenvalue weighted by Gasteiger charge is -2.52. The fourth-order valence-electron chi connectivity index (χ4n) is 6.89. The SMILES string of the molecule is C=CC(=O)N1C[C@H](C)N(c2nc(N3CC4(CCCCC4)C3)nc3c(F)c(-c4c(O)cccc4F)c(Cl)cc23)C[C@H]1C. The van der Waals surface area contributed by atoms with Gasteiger partial charge in [0.25, 0.3) is 0 Å². The van der Waals surface area contributed by atoms with Gasteiger partial charge in [0, 0.05) is 54.6 Å². The standard InChI is InChI=1S/C31H34ClF2N5O2/c1-4-24(41)38-14-19(3)39(15-18(38)2)29-20-13-21(32)25(26-22(33)9-8-10-23(26)40)27(34)28(20)35-30(36-29)37-16-31(17-37)11-6-5-7-12-31/h4,8-10,13,18-19,40H,1,5-7,11-12,14-17H2,2-3H3/t18-,19+/m1/s1. The van der Waals surface area contributed by atoms with Crippen LogP contribution < -0.4 is 9.80 Å². The van der Waals surface area contributed by atoms with E-state index in [1.807, 2.05) is 13.8 Å². The molecule has 3 aromatic rings. The van der Waals surface area contributed by atoms with Crippen molar-refractivity contribution in [1.29, 1.82) is 0 Å². The Morgan fingerprint density at radius 1 is 1.10 bits per heavy atom. The first-order valence-corrected chi connectivity index (χ1v) is 14.6. The Kier molecular flexibility index (Phi) is 7.04. The second-order valence-corrected chi connectivity index (χ2v) is 12.3. The summed E-state index contributed by atoms with van der Waals surface area (Å²) in [6.07, 6.45) is 7.33. The molecule has 2 aromatic carbocycles. The molecular weight excluding hydrogens is 548 g/mol. The van der Waals surface area contributed by atoms with E-state index in [1.165, 1.54) is 50.3 Å². The number of halogens is 3. The van der Waals surface area contributed by atoms with Crippen molar-refractivity contribution in [2.45, 2.75) is 58.0 Å². The van der Waals surface area contributed by atoms with Gasteiger partial charge in [-0.25, -0.2) is 13.8 Å². The first kappa shape index (κ1) is 27.7. The van der Waals surface area contributed by atoms with Crippen LogP contribution in [-0.2, 0) is 4.79 Å². The molecule has 3 fully saturated rings. The Morgan fingerprint density at radius 3 is 2.51 bits per heavy atom. The van der Waals surface area contributed by atoms with Crippen molar-refractivity contribution in [2.24, 2.45) is 5.41 Å². The number of hydrogen-bond donors (Lipinski definition) is 1. The highest BCUT2D eigenvalue weighted by Gasteiger charge is 2.45. The van der Waals surface area contributed by atoms with Crippen LogP contribution >= 0.6 is 11.6 Å². The summed E-state index contributed by atoms with van der Waals surface area (Å²) in [6.45, 7) is 10.1. The average molecular weight is 582 g/mol. The molecule has 0 unspecified atom stereocenters. The summed E-state index contributed by atoms with van der Waals surface area (Å²) in [5, 5.41) is 10.8. The molecule has 216 valence electrons. The van der Waals surface area contributed by atoms with Crippen molar-refractivity contribution in [3.8, 4) is 16.9 Å². The van der Waals surface area contributed by atoms with Crippen molar-refractivity contribution in [3.05, 3.63) is 53.6 Å². The second-order valence-electron chi connectivity index (χ2n) is 11.9. The number of fused-ring (bicyclic) bond motifs is 1. The van der Waals surface area contributed by atoms with Gasteiger partial charge in [-0.1, -0.05) is 43.5 Å². The smallest absolute Gasteiger partial charge is 0.246 e. The first-order valence-electron chi connectivity index (χ1n) is 14.2. The summed E-state index contributed by atoms with van der Waals surface area (Å²) in [5.41, 5.74) is -0.276. The molecule has 6 rings (SSSR count). The van der Waals surface area contributed by atoms with Crippen molar-refractivity contribution in [1.82, 2.24) is 14.9 Å². The number of phenolic OH excluding ortho intramolecular Hbond substituents is 1. The van der Waals surface area contributed by atoms with Crippen LogP contribution in [0.3, 0.4) is 0 Å². The Hall–Kier alpha value is -3.46. The summed E-state index contributed by atoms with van der Waals surface area (Å²) in [7, 11) is 0. The van der Waals surface area contributed by atoms with Gasteiger partial charge in [-0.2, -0.15) is 4.98 Å². The maximum Gasteiger partial charge on any atom is 0.246 e. The van der Waals surface area contributed by atoms with Crippen LogP contribution in [-0.4, -0.2) is 64.1 Å². The number of aromatic nitrogens is 2. The Balaban J connectivity index is 1.49. The quantitative estimate of drug-likeness (QED) is 0.364. The number of carbonyl (C=O) groups is 1. The highest BCUT2D eigenvalue weighted by Crippen LogP contribution is 2.47. The van der Waals surface area contributed by atoms with Gasteiger partial charge in [0.1, 0.15) is 22.9 Å². The van der Waals surface area contributed by atoms with E-state index in [4.69, 9.17) is 16.6 Å². The van der Waals surface area contributed by atoms with Crippen LogP contribution in [0.15, 0.2) is 36.9 Å². The Labute approximate surface area is 243 Å². The third-order valence-corrected chi connectivity index (χ3v) is 9.36. The van der Waals surface area contributed by atoms with Gasteiger partial charge in [-0.15, -0.1) is 0 Å². The van der Waals surface area contributed by atoms with Crippen molar-refractivity contribution >= 4 is 40.2 Å². The lowest BCUT2D eigenvalue weighted by molar-refractivity contribution is -0.128. The molecule has 0 radical (unpaired) electrons. The fraction of sp³-hybridized carbons (Fsp3) is 0.452. The monoisotopic (exact) mass is 581 g/mol. The molecule has 1 amide bonds. The van der Waals surface area contributed by atoms with E-state index in [0.29, 0.717) is 30.2 Å². The number of piperazine rings is 1. The number of nitrogens with zero attached hydrogens (tertiary/aromatic N) is 5. The Morgan fingerprint density at radius 2 is 1.83 bits per heavy atom. The van der Waals surface area contributed by atoms with Gasteiger partial charge in [0.2, 0.25) is 11.9 Å². The lowest BCUT2D eigenvalue weighted by Crippen LogP contribution is -2.59. The number of anilines is 2. The lowest BCUT2D eigenvalue weighted by atomic mass is 9.69. The summed E-state index contributed by atoms with van der Waals surface area (Å²) >= 11 is 6.62. The maximum absolute atomic E-state index is 16.5. The van der Waals surface area contributed by atoms with E-state index in [9.17, 15) is 14.3 Å². The molecule has 0 bridgehead atoms. The van der Waals surface area contributed by atoms with Crippen LogP contribution in [0.1, 0.15) is 46.0 Å². The van der Waals surface area contributed by atoms with Crippen molar-refractivity contribution in [3.63, 3.8) is 0 Å². The zero-order chi connectivity index (χ0) is 29.1. The molecule has 2 atom stereocenters. The van der Waals surface area contributed by atoms with E-state index < -0.39 is 17.4 Å². The number of benzene rings is 2. The normalized spacial score (nSPS) is 22.2. The molecule has 3 heterocycles. The van der Waals surface area contributed by atoms with Crippen LogP contribution in [0, 0.1) is 17.0 Å². The minimum absolute atomic E-state index is 0.0149. The van der Waals surface area contributed by atoms with Crippen molar-refractivity contribution < 1.29 is 18.7 Å². The average Bonchev–Trinajstić information content (AvgIpc) is 2.94. The third-order valence-electron chi connectivity index (χ3n) is 9.06. The zero-order valence-electron chi connectivity index (χ0n) is 23.3. The molecule has 3 aliphatic rings. The molecule has 7 nitrogen and oxygen atoms in total. The van der Waals surface area contributed by atoms with Gasteiger partial charge >= 0.3 is 0 Å². The minimum Gasteiger partial charge on any atom is -0.507 e. The Bertz CT molecular complexity index is 1510. The molecule has 41 heavy (non-hydrogen) atoms. The first-order chi connectivity index (χ1) is 19.6. The maximum atomic E-state index is 16.5. The molecule has 2 aliphatic heterocycles. The molecule has 10 heteroatoms. The van der Waals surface area contributed by atoms with Gasteiger partial charge in [0.15, 0.2) is 5.82 Å². The summed E-state index contributed by atoms with van der Waals surface area (Å²) in [4.78, 5) is 28.1. The second kappa shape index (κ2) is 10.4. The number of carbonyl (C=O) groups excluding carboxylic acids is 1. The predicted octanol–water partition coefficient (Wildman–Crippen LogP) is 6.32. The molecule has 1 aliphatic carbocycles. The number of rotatable bonds is 4. The summed E-state index contributed by atoms with van der Waals surface area (Å²) < 4.78 is 31.4. The predicted molar refractivity (Wildman–Crippen MR) is 157 cm³/mol. The van der Waals surface area contributed by atoms with Gasteiger partial charge < -0.3 is 19.8 Å². The van der Waals surface area contributed by atoms with Gasteiger partial charge in [-0.05, 0) is 51.0 Å². The van der Waals surface area contributed by atoms with Crippen LogP contribution in [0.5, 0.6) is 5.75 Å². The summed E-state index contributed by atoms with van der Waals surface area (Å²) in [5.74, 6) is -1.21.